The zero-order valence-corrected chi connectivity index (χ0v) is 22.7. The molecule has 0 amide bonds. The third-order valence-corrected chi connectivity index (χ3v) is 9.00. The molecular formula is C29H26F6N4O4. The fourth-order valence-corrected chi connectivity index (χ4v) is 7.10. The lowest BCUT2D eigenvalue weighted by Gasteiger charge is -2.69. The van der Waals surface area contributed by atoms with Crippen molar-refractivity contribution in [2.45, 2.75) is 75.5 Å². The summed E-state index contributed by atoms with van der Waals surface area (Å²) in [6.07, 6.45) is -6.06. The number of fused-ring (bicyclic) bond motifs is 2. The van der Waals surface area contributed by atoms with Crippen LogP contribution in [0.15, 0.2) is 36.4 Å². The van der Waals surface area contributed by atoms with E-state index in [0.29, 0.717) is 43.4 Å². The van der Waals surface area contributed by atoms with Gasteiger partial charge in [0, 0.05) is 17.1 Å². The molecule has 5 aliphatic rings. The van der Waals surface area contributed by atoms with Crippen molar-refractivity contribution in [1.29, 1.82) is 0 Å². The van der Waals surface area contributed by atoms with Crippen LogP contribution in [-0.2, 0) is 17.4 Å². The number of ether oxygens (including phenoxy) is 2. The number of hydrogen-bond acceptors (Lipinski definition) is 6. The van der Waals surface area contributed by atoms with E-state index in [1.54, 1.807) is 6.92 Å². The number of carboxylic acid groups (broad SMARTS) is 1. The summed E-state index contributed by atoms with van der Waals surface area (Å²) in [6, 6.07) is 6.84. The summed E-state index contributed by atoms with van der Waals surface area (Å²) in [6.45, 7) is 1.66. The van der Waals surface area contributed by atoms with E-state index in [1.165, 1.54) is 35.0 Å². The maximum Gasteiger partial charge on any atom is 0.586 e. The second-order valence-corrected chi connectivity index (χ2v) is 12.0. The Morgan fingerprint density at radius 1 is 1.12 bits per heavy atom. The van der Waals surface area contributed by atoms with E-state index in [-0.39, 0.29) is 34.9 Å². The summed E-state index contributed by atoms with van der Waals surface area (Å²) in [5.41, 5.74) is -1.16. The number of benzene rings is 2. The van der Waals surface area contributed by atoms with Gasteiger partial charge in [-0.1, -0.05) is 6.07 Å². The minimum atomic E-state index is -4.72. The highest BCUT2D eigenvalue weighted by Crippen LogP contribution is 2.68. The van der Waals surface area contributed by atoms with Crippen LogP contribution in [0.25, 0.3) is 5.69 Å². The number of carboxylic acids is 1. The lowest BCUT2D eigenvalue weighted by Crippen LogP contribution is -2.76. The quantitative estimate of drug-likeness (QED) is 0.264. The van der Waals surface area contributed by atoms with Gasteiger partial charge in [0.1, 0.15) is 5.82 Å². The fourth-order valence-electron chi connectivity index (χ4n) is 7.10. The monoisotopic (exact) mass is 608 g/mol. The third-order valence-electron chi connectivity index (χ3n) is 9.00. The van der Waals surface area contributed by atoms with E-state index < -0.39 is 53.0 Å². The molecule has 8 rings (SSSR count). The number of nitrogens with zero attached hydrogens (tertiary/aromatic N) is 2. The molecule has 4 aliphatic carbocycles. The Morgan fingerprint density at radius 3 is 2.53 bits per heavy atom. The molecule has 0 saturated heterocycles. The number of nitrogens with one attached hydrogen (secondary N) is 2. The molecule has 228 valence electrons. The Bertz CT molecular complexity index is 1630. The van der Waals surface area contributed by atoms with Crippen LogP contribution in [0, 0.1) is 11.2 Å². The summed E-state index contributed by atoms with van der Waals surface area (Å²) in [4.78, 5) is 11.6. The summed E-state index contributed by atoms with van der Waals surface area (Å²) in [5, 5.41) is 19.9. The number of aliphatic carboxylic acids is 1. The standard InChI is InChI=1S/C29H26F6N4O4/c1-14(15-5-8-21-22(9-15)43-29(34,35)42-21)36-20-10-16(6-7-18(20)30)39-23-17(24(38-39)28(31,32)33)3-2-4-19(23)37-27-11-26(12-27,13-27)25(40)41/h5-10,14,19,36-37H,2-4,11-13H2,1H3,(H,40,41)/t14-,19-,26?,27?/m0/s1. The summed E-state index contributed by atoms with van der Waals surface area (Å²) < 4.78 is 94.4. The zero-order valence-electron chi connectivity index (χ0n) is 22.7. The largest absolute Gasteiger partial charge is 0.586 e. The van der Waals surface area contributed by atoms with Gasteiger partial charge in [-0.05, 0) is 81.3 Å². The van der Waals surface area contributed by atoms with Crippen LogP contribution in [0.1, 0.15) is 73.6 Å². The van der Waals surface area contributed by atoms with Crippen LogP contribution in [-0.4, -0.2) is 32.7 Å². The summed E-state index contributed by atoms with van der Waals surface area (Å²) in [7, 11) is 0. The van der Waals surface area contributed by atoms with Gasteiger partial charge >= 0.3 is 18.4 Å². The molecule has 2 bridgehead atoms. The van der Waals surface area contributed by atoms with Gasteiger partial charge in [0.25, 0.3) is 0 Å². The lowest BCUT2D eigenvalue weighted by molar-refractivity contribution is -0.286. The zero-order chi connectivity index (χ0) is 30.5. The molecule has 0 radical (unpaired) electrons. The van der Waals surface area contributed by atoms with Crippen molar-refractivity contribution in [2.24, 2.45) is 5.41 Å². The summed E-state index contributed by atoms with van der Waals surface area (Å²) >= 11 is 0. The second kappa shape index (κ2) is 9.04. The topological polar surface area (TPSA) is 97.6 Å². The van der Waals surface area contributed by atoms with Gasteiger partial charge in [-0.2, -0.15) is 18.3 Å². The Kier molecular flexibility index (Phi) is 5.86. The van der Waals surface area contributed by atoms with Crippen molar-refractivity contribution in [3.63, 3.8) is 0 Å². The molecule has 0 spiro atoms. The third kappa shape index (κ3) is 4.48. The minimum absolute atomic E-state index is 0.0334. The number of hydrogen-bond donors (Lipinski definition) is 3. The van der Waals surface area contributed by atoms with Gasteiger partial charge in [0.2, 0.25) is 0 Å². The van der Waals surface area contributed by atoms with Gasteiger partial charge in [0.15, 0.2) is 17.2 Å². The van der Waals surface area contributed by atoms with E-state index in [4.69, 9.17) is 0 Å². The van der Waals surface area contributed by atoms with E-state index in [2.05, 4.69) is 25.2 Å². The number of rotatable bonds is 7. The first-order chi connectivity index (χ1) is 20.2. The number of anilines is 1. The molecule has 43 heavy (non-hydrogen) atoms. The normalized spacial score (nSPS) is 27.1. The Balaban J connectivity index is 1.20. The molecule has 1 aliphatic heterocycles. The van der Waals surface area contributed by atoms with Crippen molar-refractivity contribution in [3.05, 3.63) is 64.7 Å². The molecule has 8 nitrogen and oxygen atoms in total. The van der Waals surface area contributed by atoms with Crippen molar-refractivity contribution in [1.82, 2.24) is 15.1 Å². The highest BCUT2D eigenvalue weighted by molar-refractivity contribution is 5.80. The number of halogens is 6. The van der Waals surface area contributed by atoms with Crippen LogP contribution >= 0.6 is 0 Å². The van der Waals surface area contributed by atoms with E-state index in [1.807, 2.05) is 0 Å². The van der Waals surface area contributed by atoms with Crippen molar-refractivity contribution >= 4 is 11.7 Å². The first-order valence-electron chi connectivity index (χ1n) is 13.8. The molecular weight excluding hydrogens is 582 g/mol. The van der Waals surface area contributed by atoms with Crippen molar-refractivity contribution in [3.8, 4) is 17.2 Å². The fraction of sp³-hybridized carbons (Fsp3) is 0.448. The van der Waals surface area contributed by atoms with Gasteiger partial charge in [-0.15, -0.1) is 8.78 Å². The molecule has 3 aromatic rings. The lowest BCUT2D eigenvalue weighted by atomic mass is 9.39. The molecule has 3 fully saturated rings. The number of carbonyl (C=O) groups is 1. The smallest absolute Gasteiger partial charge is 0.481 e. The van der Waals surface area contributed by atoms with Crippen LogP contribution in [0.2, 0.25) is 0 Å². The molecule has 14 heteroatoms. The maximum absolute atomic E-state index is 15.0. The second-order valence-electron chi connectivity index (χ2n) is 12.0. The van der Waals surface area contributed by atoms with Gasteiger partial charge in [-0.3, -0.25) is 4.79 Å². The van der Waals surface area contributed by atoms with Crippen LogP contribution < -0.4 is 20.1 Å². The molecule has 2 atom stereocenters. The Hall–Kier alpha value is -3.94. The summed E-state index contributed by atoms with van der Waals surface area (Å²) in [5.74, 6) is -1.85. The van der Waals surface area contributed by atoms with Crippen molar-refractivity contribution in [2.75, 3.05) is 5.32 Å². The predicted octanol–water partition coefficient (Wildman–Crippen LogP) is 6.50. The van der Waals surface area contributed by atoms with Crippen LogP contribution in [0.5, 0.6) is 11.5 Å². The molecule has 2 heterocycles. The first-order valence-corrected chi connectivity index (χ1v) is 13.8. The number of alkyl halides is 5. The predicted molar refractivity (Wildman–Crippen MR) is 139 cm³/mol. The van der Waals surface area contributed by atoms with E-state index >= 15 is 0 Å². The highest BCUT2D eigenvalue weighted by Gasteiger charge is 2.72. The van der Waals surface area contributed by atoms with Gasteiger partial charge in [0.05, 0.1) is 28.5 Å². The molecule has 1 aromatic heterocycles. The van der Waals surface area contributed by atoms with E-state index in [0.717, 1.165) is 6.07 Å². The van der Waals surface area contributed by atoms with Crippen LogP contribution in [0.3, 0.4) is 0 Å². The average molecular weight is 609 g/mol. The molecule has 3 N–H and O–H groups in total. The molecule has 0 unspecified atom stereocenters. The minimum Gasteiger partial charge on any atom is -0.481 e. The number of aromatic nitrogens is 2. The first kappa shape index (κ1) is 27.9. The SMILES string of the molecule is C[C@H](Nc1cc(-n2nc(C(F)(F)F)c3c2[C@@H](NC24CC(C(=O)O)(C2)C4)CCC3)ccc1F)c1ccc2c(c1)OC(F)(F)O2. The molecule has 2 aromatic carbocycles. The van der Waals surface area contributed by atoms with Gasteiger partial charge in [-0.25, -0.2) is 9.07 Å². The Morgan fingerprint density at radius 2 is 1.84 bits per heavy atom. The highest BCUT2D eigenvalue weighted by atomic mass is 19.4. The van der Waals surface area contributed by atoms with E-state index in [9.17, 15) is 36.2 Å². The maximum atomic E-state index is 15.0. The van der Waals surface area contributed by atoms with Crippen LogP contribution in [0.4, 0.5) is 32.0 Å². The van der Waals surface area contributed by atoms with Gasteiger partial charge < -0.3 is 25.2 Å². The van der Waals surface area contributed by atoms with Crippen molar-refractivity contribution < 1.29 is 45.7 Å². The molecule has 3 saturated carbocycles. The Labute approximate surface area is 241 Å². The average Bonchev–Trinajstić information content (AvgIpc) is 3.42.